The molecule has 1 aromatic carbocycles. The van der Waals surface area contributed by atoms with Crippen LogP contribution in [0.25, 0.3) is 5.70 Å². The van der Waals surface area contributed by atoms with E-state index in [1.807, 2.05) is 6.20 Å². The first kappa shape index (κ1) is 19.1. The highest BCUT2D eigenvalue weighted by atomic mass is 19.1. The van der Waals surface area contributed by atoms with Gasteiger partial charge in [-0.3, -0.25) is 4.79 Å². The molecule has 0 saturated carbocycles. The van der Waals surface area contributed by atoms with Crippen molar-refractivity contribution in [2.45, 2.75) is 27.7 Å². The van der Waals surface area contributed by atoms with Crippen molar-refractivity contribution in [2.24, 2.45) is 17.3 Å². The predicted octanol–water partition coefficient (Wildman–Crippen LogP) is 4.07. The van der Waals surface area contributed by atoms with Gasteiger partial charge in [0.2, 0.25) is 0 Å². The summed E-state index contributed by atoms with van der Waals surface area (Å²) >= 11 is 0. The molecule has 1 aliphatic heterocycles. The Bertz CT molecular complexity index is 704. The highest BCUT2D eigenvalue weighted by molar-refractivity contribution is 5.77. The average molecular weight is 343 g/mol. The van der Waals surface area contributed by atoms with Crippen LogP contribution >= 0.6 is 0 Å². The third kappa shape index (κ3) is 3.31. The number of allylic oxidation sites excluding steroid dienone is 3. The molecule has 134 valence electrons. The topological polar surface area (TPSA) is 49.3 Å². The number of carbonyl (C=O) groups is 1. The maximum Gasteiger partial charge on any atom is 0.142 e. The van der Waals surface area contributed by atoms with Crippen molar-refractivity contribution in [1.82, 2.24) is 5.32 Å². The van der Waals surface area contributed by atoms with Gasteiger partial charge in [-0.2, -0.15) is 0 Å². The number of benzene rings is 1. The predicted molar refractivity (Wildman–Crippen MR) is 98.9 cm³/mol. The summed E-state index contributed by atoms with van der Waals surface area (Å²) in [6.45, 7) is 8.40. The summed E-state index contributed by atoms with van der Waals surface area (Å²) in [4.78, 5) is 11.0. The number of dihydropyridines is 1. The molecule has 3 nitrogen and oxygen atoms in total. The number of aliphatic hydroxyl groups is 1. The molecule has 1 aliphatic rings. The zero-order chi connectivity index (χ0) is 18.6. The molecule has 1 heterocycles. The van der Waals surface area contributed by atoms with Gasteiger partial charge < -0.3 is 10.4 Å². The summed E-state index contributed by atoms with van der Waals surface area (Å²) in [5.74, 6) is 0.0835. The van der Waals surface area contributed by atoms with Crippen molar-refractivity contribution in [3.63, 3.8) is 0 Å². The Morgan fingerprint density at radius 2 is 1.76 bits per heavy atom. The van der Waals surface area contributed by atoms with Gasteiger partial charge in [0.25, 0.3) is 0 Å². The number of hydrogen-bond acceptors (Lipinski definition) is 3. The summed E-state index contributed by atoms with van der Waals surface area (Å²) in [6, 6.07) is 6.27. The van der Waals surface area contributed by atoms with Gasteiger partial charge in [-0.15, -0.1) is 0 Å². The fourth-order valence-corrected chi connectivity index (χ4v) is 4.16. The number of halogens is 1. The Hall–Kier alpha value is -2.20. The van der Waals surface area contributed by atoms with Gasteiger partial charge in [0.15, 0.2) is 0 Å². The maximum atomic E-state index is 13.3. The molecule has 1 aromatic rings. The van der Waals surface area contributed by atoms with E-state index in [1.165, 1.54) is 18.2 Å². The van der Waals surface area contributed by atoms with Crippen LogP contribution in [-0.4, -0.2) is 18.0 Å². The van der Waals surface area contributed by atoms with Crippen LogP contribution < -0.4 is 5.32 Å². The quantitative estimate of drug-likeness (QED) is 0.605. The largest absolute Gasteiger partial charge is 0.392 e. The lowest BCUT2D eigenvalue weighted by atomic mass is 9.58. The van der Waals surface area contributed by atoms with Crippen molar-refractivity contribution < 1.29 is 14.3 Å². The third-order valence-corrected chi connectivity index (χ3v) is 5.10. The molecule has 0 bridgehead atoms. The van der Waals surface area contributed by atoms with Crippen LogP contribution in [0, 0.1) is 23.1 Å². The Kier molecular flexibility index (Phi) is 5.96. The molecule has 0 amide bonds. The van der Waals surface area contributed by atoms with Crippen LogP contribution in [0.2, 0.25) is 0 Å². The minimum atomic E-state index is -0.427. The first-order chi connectivity index (χ1) is 11.9. The van der Waals surface area contributed by atoms with E-state index < -0.39 is 5.41 Å². The molecule has 0 aliphatic carbocycles. The number of aliphatic hydroxyl groups excluding tert-OH is 1. The van der Waals surface area contributed by atoms with Gasteiger partial charge in [0, 0.05) is 17.3 Å². The summed E-state index contributed by atoms with van der Waals surface area (Å²) in [6.07, 6.45) is 5.87. The van der Waals surface area contributed by atoms with Gasteiger partial charge in [0.05, 0.1) is 6.61 Å². The second-order valence-corrected chi connectivity index (χ2v) is 6.94. The van der Waals surface area contributed by atoms with Crippen LogP contribution in [-0.2, 0) is 4.79 Å². The number of hydrogen-bond donors (Lipinski definition) is 2. The lowest BCUT2D eigenvalue weighted by Gasteiger charge is -2.47. The van der Waals surface area contributed by atoms with E-state index in [2.05, 4.69) is 33.0 Å². The summed E-state index contributed by atoms with van der Waals surface area (Å²) in [7, 11) is 0. The molecule has 0 spiro atoms. The van der Waals surface area contributed by atoms with Gasteiger partial charge in [-0.05, 0) is 58.9 Å². The normalized spacial score (nSPS) is 17.2. The fraction of sp³-hybridized carbons (Fsp3) is 0.381. The van der Waals surface area contributed by atoms with E-state index in [0.717, 1.165) is 28.7 Å². The summed E-state index contributed by atoms with van der Waals surface area (Å²) < 4.78 is 13.3. The monoisotopic (exact) mass is 343 g/mol. The Balaban J connectivity index is 2.80. The highest BCUT2D eigenvalue weighted by Crippen LogP contribution is 2.52. The minimum absolute atomic E-state index is 0.0709. The SMILES string of the molecule is CC(C)C1(C(C)C)C(CO)=CNC(c2ccc(F)cc2)=C1/C=C/C=O. The molecule has 25 heavy (non-hydrogen) atoms. The first-order valence-electron chi connectivity index (χ1n) is 8.59. The highest BCUT2D eigenvalue weighted by Gasteiger charge is 2.45. The summed E-state index contributed by atoms with van der Waals surface area (Å²) in [5, 5.41) is 13.2. The fourth-order valence-electron chi connectivity index (χ4n) is 4.16. The summed E-state index contributed by atoms with van der Waals surface area (Å²) in [5.41, 5.74) is 3.06. The van der Waals surface area contributed by atoms with E-state index in [4.69, 9.17) is 0 Å². The van der Waals surface area contributed by atoms with E-state index in [1.54, 1.807) is 18.2 Å². The number of rotatable bonds is 6. The molecule has 0 fully saturated rings. The molecular weight excluding hydrogens is 317 g/mol. The second kappa shape index (κ2) is 7.79. The molecule has 2 rings (SSSR count). The second-order valence-electron chi connectivity index (χ2n) is 6.94. The zero-order valence-electron chi connectivity index (χ0n) is 15.2. The van der Waals surface area contributed by atoms with E-state index in [-0.39, 0.29) is 24.3 Å². The van der Waals surface area contributed by atoms with E-state index in [9.17, 15) is 14.3 Å². The van der Waals surface area contributed by atoms with Gasteiger partial charge in [-0.25, -0.2) is 4.39 Å². The van der Waals surface area contributed by atoms with Gasteiger partial charge >= 0.3 is 0 Å². The van der Waals surface area contributed by atoms with Crippen molar-refractivity contribution in [2.75, 3.05) is 6.61 Å². The number of nitrogens with one attached hydrogen (secondary N) is 1. The van der Waals surface area contributed by atoms with E-state index >= 15 is 0 Å². The van der Waals surface area contributed by atoms with Crippen molar-refractivity contribution in [1.29, 1.82) is 0 Å². The molecule has 2 N–H and O–H groups in total. The Morgan fingerprint density at radius 1 is 1.16 bits per heavy atom. The standard InChI is InChI=1S/C21H26FNO2/c1-14(2)21(15(3)4)17(13-25)12-23-20(19(21)6-5-11-24)16-7-9-18(22)10-8-16/h5-12,14-15,23,25H,13H2,1-4H3/b6-5+. The lowest BCUT2D eigenvalue weighted by molar-refractivity contribution is -0.104. The molecule has 0 saturated heterocycles. The molecule has 0 unspecified atom stereocenters. The molecular formula is C21H26FNO2. The number of carbonyl (C=O) groups excluding carboxylic acids is 1. The van der Waals surface area contributed by atoms with E-state index in [0.29, 0.717) is 0 Å². The zero-order valence-corrected chi connectivity index (χ0v) is 15.2. The van der Waals surface area contributed by atoms with Crippen LogP contribution in [0.3, 0.4) is 0 Å². The van der Waals surface area contributed by atoms with Crippen molar-refractivity contribution in [3.8, 4) is 0 Å². The van der Waals surface area contributed by atoms with Crippen molar-refractivity contribution in [3.05, 3.63) is 65.1 Å². The van der Waals surface area contributed by atoms with Crippen LogP contribution in [0.1, 0.15) is 33.3 Å². The van der Waals surface area contributed by atoms with Crippen LogP contribution in [0.15, 0.2) is 53.8 Å². The van der Waals surface area contributed by atoms with Crippen molar-refractivity contribution >= 4 is 12.0 Å². The lowest BCUT2D eigenvalue weighted by Crippen LogP contribution is -2.42. The molecule has 0 atom stereocenters. The van der Waals surface area contributed by atoms with Crippen LogP contribution in [0.5, 0.6) is 0 Å². The van der Waals surface area contributed by atoms with Crippen LogP contribution in [0.4, 0.5) is 4.39 Å². The smallest absolute Gasteiger partial charge is 0.142 e. The molecule has 4 heteroatoms. The third-order valence-electron chi connectivity index (χ3n) is 5.10. The number of aldehydes is 1. The first-order valence-corrected chi connectivity index (χ1v) is 8.59. The minimum Gasteiger partial charge on any atom is -0.392 e. The maximum absolute atomic E-state index is 13.3. The Labute approximate surface area is 149 Å². The molecule has 0 aromatic heterocycles. The van der Waals surface area contributed by atoms with Gasteiger partial charge in [-0.1, -0.05) is 33.8 Å². The van der Waals surface area contributed by atoms with Gasteiger partial charge in [0.1, 0.15) is 12.1 Å². The average Bonchev–Trinajstić information content (AvgIpc) is 2.59. The molecule has 0 radical (unpaired) electrons. The Morgan fingerprint density at radius 3 is 2.24 bits per heavy atom.